The molecule has 0 N–H and O–H groups in total. The molecule has 0 radical (unpaired) electrons. The number of nitrogens with zero attached hydrogens (tertiary/aromatic N) is 2. The van der Waals surface area contributed by atoms with Crippen molar-refractivity contribution in [2.75, 3.05) is 39.5 Å². The predicted molar refractivity (Wildman–Crippen MR) is 177 cm³/mol. The van der Waals surface area contributed by atoms with Crippen LogP contribution in [0.5, 0.6) is 0 Å². The van der Waals surface area contributed by atoms with E-state index in [2.05, 4.69) is 11.0 Å². The number of rotatable bonds is 9. The lowest BCUT2D eigenvalue weighted by atomic mass is 9.88. The first-order valence-corrected chi connectivity index (χ1v) is 17.2. The summed E-state index contributed by atoms with van der Waals surface area (Å²) in [7, 11) is 0.583. The molecule has 10 heteroatoms. The molecule has 0 bridgehead atoms. The third-order valence-electron chi connectivity index (χ3n) is 8.73. The molecule has 1 unspecified atom stereocenters. The number of carbonyl (C=O) groups excluding carboxylic acids is 1. The maximum Gasteiger partial charge on any atom is 0.416 e. The summed E-state index contributed by atoms with van der Waals surface area (Å²) in [6.45, 7) is 2.82. The normalized spacial score (nSPS) is 16.1. The predicted octanol–water partition coefficient (Wildman–Crippen LogP) is 9.03. The van der Waals surface area contributed by atoms with E-state index < -0.39 is 28.4 Å². The van der Waals surface area contributed by atoms with E-state index in [1.165, 1.54) is 4.90 Å². The van der Waals surface area contributed by atoms with Gasteiger partial charge >= 0.3 is 6.18 Å². The van der Waals surface area contributed by atoms with Crippen molar-refractivity contribution < 1.29 is 22.2 Å². The molecular formula is C35H35Cl2F3N2O2S. The number of amides is 1. The van der Waals surface area contributed by atoms with Crippen molar-refractivity contribution in [1.29, 1.82) is 0 Å². The van der Waals surface area contributed by atoms with E-state index in [1.807, 2.05) is 24.3 Å². The summed E-state index contributed by atoms with van der Waals surface area (Å²) >= 11 is 12.6. The SMILES string of the molecule is CN(CC(CCN1CCC(c2ccccc2[S@](C)=O)CC1)c1ccc(Cl)c(Cl)c1)C(=O)c1cc(C(F)(F)F)cc2ccccc12. The van der Waals surface area contributed by atoms with Gasteiger partial charge in [-0.25, -0.2) is 0 Å². The maximum atomic E-state index is 13.8. The Morgan fingerprint density at radius 2 is 1.67 bits per heavy atom. The second-order valence-electron chi connectivity index (χ2n) is 11.7. The molecule has 1 saturated heterocycles. The van der Waals surface area contributed by atoms with Crippen LogP contribution < -0.4 is 0 Å². The standard InChI is InChI=1S/C35H35Cl2F3N2O2S/c1-41(34(43)30-21-27(35(38,39)40)19-25-7-3-4-8-28(25)30)22-26(24-11-12-31(36)32(37)20-24)15-18-42-16-13-23(14-17-42)29-9-5-6-10-33(29)45(2)44/h3-12,19-21,23,26H,13-18,22H2,1-2H3/t26?,45-/m0/s1. The van der Waals surface area contributed by atoms with Crippen molar-refractivity contribution in [2.24, 2.45) is 0 Å². The molecule has 1 aliphatic heterocycles. The van der Waals surface area contributed by atoms with Crippen LogP contribution in [0, 0.1) is 0 Å². The highest BCUT2D eigenvalue weighted by Gasteiger charge is 2.33. The minimum atomic E-state index is -4.58. The van der Waals surface area contributed by atoms with Crippen molar-refractivity contribution in [1.82, 2.24) is 9.80 Å². The van der Waals surface area contributed by atoms with E-state index in [9.17, 15) is 22.2 Å². The molecule has 1 heterocycles. The van der Waals surface area contributed by atoms with Crippen molar-refractivity contribution >= 4 is 50.7 Å². The Hall–Kier alpha value is -2.91. The second-order valence-corrected chi connectivity index (χ2v) is 13.9. The van der Waals surface area contributed by atoms with Gasteiger partial charge in [0, 0.05) is 36.2 Å². The van der Waals surface area contributed by atoms with Crippen LogP contribution in [0.1, 0.15) is 58.1 Å². The number of likely N-dealkylation sites (N-methyl/N-ethyl adjacent to an activating group) is 1. The van der Waals surface area contributed by atoms with Crippen LogP contribution in [0.4, 0.5) is 13.2 Å². The summed E-state index contributed by atoms with van der Waals surface area (Å²) in [5.41, 5.74) is 1.24. The number of halogens is 5. The highest BCUT2D eigenvalue weighted by atomic mass is 35.5. The van der Waals surface area contributed by atoms with Crippen LogP contribution in [0.2, 0.25) is 10.0 Å². The van der Waals surface area contributed by atoms with Gasteiger partial charge in [0.05, 0.1) is 26.4 Å². The summed E-state index contributed by atoms with van der Waals surface area (Å²) < 4.78 is 53.5. The van der Waals surface area contributed by atoms with E-state index in [0.29, 0.717) is 33.2 Å². The van der Waals surface area contributed by atoms with Gasteiger partial charge in [0.1, 0.15) is 0 Å². The Morgan fingerprint density at radius 1 is 0.978 bits per heavy atom. The largest absolute Gasteiger partial charge is 0.416 e. The van der Waals surface area contributed by atoms with E-state index in [4.69, 9.17) is 23.2 Å². The van der Waals surface area contributed by atoms with Gasteiger partial charge in [0.25, 0.3) is 5.91 Å². The average Bonchev–Trinajstić information content (AvgIpc) is 3.03. The number of benzene rings is 4. The number of piperidine rings is 1. The topological polar surface area (TPSA) is 40.6 Å². The molecule has 4 aromatic carbocycles. The first-order valence-electron chi connectivity index (χ1n) is 14.9. The molecule has 0 aliphatic carbocycles. The van der Waals surface area contributed by atoms with E-state index in [-0.39, 0.29) is 18.0 Å². The molecule has 2 atom stereocenters. The van der Waals surface area contributed by atoms with E-state index in [0.717, 1.165) is 60.6 Å². The molecule has 5 rings (SSSR count). The van der Waals surface area contributed by atoms with Crippen LogP contribution in [-0.4, -0.2) is 59.4 Å². The molecule has 0 saturated carbocycles. The number of fused-ring (bicyclic) bond motifs is 1. The van der Waals surface area contributed by atoms with E-state index in [1.54, 1.807) is 49.7 Å². The fraction of sp³-hybridized carbons (Fsp3) is 0.343. The lowest BCUT2D eigenvalue weighted by molar-refractivity contribution is -0.137. The second kappa shape index (κ2) is 14.2. The zero-order valence-electron chi connectivity index (χ0n) is 25.1. The molecular weight excluding hydrogens is 640 g/mol. The summed E-state index contributed by atoms with van der Waals surface area (Å²) in [4.78, 5) is 18.6. The molecule has 0 spiro atoms. The van der Waals surface area contributed by atoms with Crippen molar-refractivity contribution in [3.63, 3.8) is 0 Å². The Balaban J connectivity index is 1.33. The van der Waals surface area contributed by atoms with Crippen molar-refractivity contribution in [3.05, 3.63) is 111 Å². The summed E-state index contributed by atoms with van der Waals surface area (Å²) in [5.74, 6) is -0.264. The number of likely N-dealkylation sites (tertiary alicyclic amines) is 1. The van der Waals surface area contributed by atoms with Crippen LogP contribution in [-0.2, 0) is 17.0 Å². The maximum absolute atomic E-state index is 13.8. The van der Waals surface area contributed by atoms with E-state index >= 15 is 0 Å². The third kappa shape index (κ3) is 7.91. The van der Waals surface area contributed by atoms with Gasteiger partial charge in [-0.15, -0.1) is 0 Å². The highest BCUT2D eigenvalue weighted by molar-refractivity contribution is 7.84. The first-order chi connectivity index (χ1) is 21.4. The van der Waals surface area contributed by atoms with Gasteiger partial charge in [0.2, 0.25) is 0 Å². The highest BCUT2D eigenvalue weighted by Crippen LogP contribution is 2.36. The van der Waals surface area contributed by atoms with Gasteiger partial charge in [-0.1, -0.05) is 71.7 Å². The zero-order chi connectivity index (χ0) is 32.3. The van der Waals surface area contributed by atoms with Crippen LogP contribution in [0.25, 0.3) is 10.8 Å². The van der Waals surface area contributed by atoms with Crippen LogP contribution in [0.3, 0.4) is 0 Å². The monoisotopic (exact) mass is 674 g/mol. The third-order valence-corrected chi connectivity index (χ3v) is 10.5. The number of alkyl halides is 3. The number of hydrogen-bond donors (Lipinski definition) is 0. The molecule has 0 aromatic heterocycles. The summed E-state index contributed by atoms with van der Waals surface area (Å²) in [6, 6.07) is 22.0. The lowest BCUT2D eigenvalue weighted by Crippen LogP contribution is -2.36. The molecule has 238 valence electrons. The van der Waals surface area contributed by atoms with Gasteiger partial charge in [-0.2, -0.15) is 13.2 Å². The molecule has 45 heavy (non-hydrogen) atoms. The van der Waals surface area contributed by atoms with Gasteiger partial charge in [-0.3, -0.25) is 9.00 Å². The van der Waals surface area contributed by atoms with Gasteiger partial charge in [0.15, 0.2) is 0 Å². The summed E-state index contributed by atoms with van der Waals surface area (Å²) in [5, 5.41) is 1.67. The molecule has 4 nitrogen and oxygen atoms in total. The fourth-order valence-corrected chi connectivity index (χ4v) is 7.43. The Morgan fingerprint density at radius 3 is 2.36 bits per heavy atom. The minimum absolute atomic E-state index is 0.0196. The Bertz CT molecular complexity index is 1710. The fourth-order valence-electron chi connectivity index (χ4n) is 6.29. The smallest absolute Gasteiger partial charge is 0.341 e. The van der Waals surface area contributed by atoms with Crippen LogP contribution in [0.15, 0.2) is 83.8 Å². The number of hydrogen-bond acceptors (Lipinski definition) is 3. The average molecular weight is 676 g/mol. The molecule has 1 amide bonds. The zero-order valence-corrected chi connectivity index (χ0v) is 27.4. The van der Waals surface area contributed by atoms with Crippen molar-refractivity contribution in [2.45, 2.75) is 42.2 Å². The lowest BCUT2D eigenvalue weighted by Gasteiger charge is -2.34. The first kappa shape index (κ1) is 33.5. The van der Waals surface area contributed by atoms with Crippen molar-refractivity contribution in [3.8, 4) is 0 Å². The molecule has 1 aliphatic rings. The number of carbonyl (C=O) groups is 1. The van der Waals surface area contributed by atoms with Gasteiger partial charge < -0.3 is 9.80 Å². The molecule has 4 aromatic rings. The van der Waals surface area contributed by atoms with Crippen LogP contribution >= 0.6 is 23.2 Å². The minimum Gasteiger partial charge on any atom is -0.341 e. The quantitative estimate of drug-likeness (QED) is 0.178. The summed E-state index contributed by atoms with van der Waals surface area (Å²) in [6.07, 6.45) is -0.254. The Labute approximate surface area is 274 Å². The molecule has 1 fully saturated rings. The Kier molecular flexibility index (Phi) is 10.6. The van der Waals surface area contributed by atoms with Gasteiger partial charge in [-0.05, 0) is 97.0 Å².